The first kappa shape index (κ1) is 14.5. The second kappa shape index (κ2) is 8.51. The Bertz CT molecular complexity index is 298. The third-order valence-corrected chi connectivity index (χ3v) is 3.04. The van der Waals surface area contributed by atoms with Gasteiger partial charge in [-0.1, -0.05) is 30.7 Å². The quantitative estimate of drug-likeness (QED) is 0.718. The van der Waals surface area contributed by atoms with E-state index in [1.54, 1.807) is 0 Å². The molecule has 0 aliphatic carbocycles. The van der Waals surface area contributed by atoms with Gasteiger partial charge in [0.25, 0.3) is 0 Å². The molecule has 2 nitrogen and oxygen atoms in total. The summed E-state index contributed by atoms with van der Waals surface area (Å²) in [6.45, 7) is 6.58. The first-order chi connectivity index (χ1) is 8.22. The molecular weight excluding hydrogens is 232 g/mol. The van der Waals surface area contributed by atoms with Gasteiger partial charge in [-0.05, 0) is 44.1 Å². The molecule has 17 heavy (non-hydrogen) atoms. The number of hydrogen-bond acceptors (Lipinski definition) is 2. The zero-order valence-electron chi connectivity index (χ0n) is 10.9. The SMILES string of the molecule is CCCNCCN(C)CCc1ccc(Cl)cc1. The molecule has 1 N–H and O–H groups in total. The highest BCUT2D eigenvalue weighted by Gasteiger charge is 1.99. The Morgan fingerprint density at radius 2 is 1.82 bits per heavy atom. The summed E-state index contributed by atoms with van der Waals surface area (Å²) in [5.74, 6) is 0. The number of halogens is 1. The molecule has 0 aliphatic heterocycles. The van der Waals surface area contributed by atoms with Crippen molar-refractivity contribution in [3.8, 4) is 0 Å². The average Bonchev–Trinajstić information content (AvgIpc) is 2.34. The summed E-state index contributed by atoms with van der Waals surface area (Å²) >= 11 is 5.85. The summed E-state index contributed by atoms with van der Waals surface area (Å²) < 4.78 is 0. The van der Waals surface area contributed by atoms with Gasteiger partial charge < -0.3 is 10.2 Å². The van der Waals surface area contributed by atoms with Crippen LogP contribution in [0.1, 0.15) is 18.9 Å². The molecule has 0 aromatic heterocycles. The second-order valence-corrected chi connectivity index (χ2v) is 4.87. The van der Waals surface area contributed by atoms with E-state index in [-0.39, 0.29) is 0 Å². The fraction of sp³-hybridized carbons (Fsp3) is 0.571. The Labute approximate surface area is 110 Å². The zero-order chi connectivity index (χ0) is 12.5. The minimum Gasteiger partial charge on any atom is -0.315 e. The summed E-state index contributed by atoms with van der Waals surface area (Å²) in [5, 5.41) is 4.22. The predicted molar refractivity (Wildman–Crippen MR) is 75.8 cm³/mol. The van der Waals surface area contributed by atoms with Crippen molar-refractivity contribution >= 4 is 11.6 Å². The highest BCUT2D eigenvalue weighted by atomic mass is 35.5. The molecule has 0 unspecified atom stereocenters. The molecule has 0 fully saturated rings. The van der Waals surface area contributed by atoms with E-state index < -0.39 is 0 Å². The van der Waals surface area contributed by atoms with Crippen molar-refractivity contribution < 1.29 is 0 Å². The summed E-state index contributed by atoms with van der Waals surface area (Å²) in [6, 6.07) is 8.12. The van der Waals surface area contributed by atoms with E-state index in [1.807, 2.05) is 12.1 Å². The van der Waals surface area contributed by atoms with Gasteiger partial charge in [0.2, 0.25) is 0 Å². The Hall–Kier alpha value is -0.570. The molecular formula is C14H23ClN2. The lowest BCUT2D eigenvalue weighted by atomic mass is 10.1. The van der Waals surface area contributed by atoms with Gasteiger partial charge in [0.15, 0.2) is 0 Å². The van der Waals surface area contributed by atoms with Crippen molar-refractivity contribution in [2.75, 3.05) is 33.2 Å². The fourth-order valence-corrected chi connectivity index (χ4v) is 1.78. The maximum absolute atomic E-state index is 5.85. The van der Waals surface area contributed by atoms with E-state index >= 15 is 0 Å². The predicted octanol–water partition coefficient (Wildman–Crippen LogP) is 2.81. The Morgan fingerprint density at radius 3 is 2.47 bits per heavy atom. The second-order valence-electron chi connectivity index (χ2n) is 4.43. The van der Waals surface area contributed by atoms with E-state index in [9.17, 15) is 0 Å². The van der Waals surface area contributed by atoms with E-state index in [1.165, 1.54) is 12.0 Å². The Kier molecular flexibility index (Phi) is 7.25. The van der Waals surface area contributed by atoms with Gasteiger partial charge in [-0.2, -0.15) is 0 Å². The molecule has 0 bridgehead atoms. The monoisotopic (exact) mass is 254 g/mol. The molecule has 0 saturated carbocycles. The van der Waals surface area contributed by atoms with Gasteiger partial charge in [-0.3, -0.25) is 0 Å². The Balaban J connectivity index is 2.14. The molecule has 1 aromatic carbocycles. The van der Waals surface area contributed by atoms with Crippen molar-refractivity contribution in [2.45, 2.75) is 19.8 Å². The van der Waals surface area contributed by atoms with Crippen LogP contribution in [0.4, 0.5) is 0 Å². The van der Waals surface area contributed by atoms with Gasteiger partial charge in [0, 0.05) is 24.7 Å². The van der Waals surface area contributed by atoms with Gasteiger partial charge in [0.1, 0.15) is 0 Å². The van der Waals surface area contributed by atoms with Gasteiger partial charge >= 0.3 is 0 Å². The summed E-state index contributed by atoms with van der Waals surface area (Å²) in [4.78, 5) is 2.36. The molecule has 0 saturated heterocycles. The minimum atomic E-state index is 0.811. The van der Waals surface area contributed by atoms with Crippen LogP contribution in [0.5, 0.6) is 0 Å². The zero-order valence-corrected chi connectivity index (χ0v) is 11.6. The van der Waals surface area contributed by atoms with E-state index in [4.69, 9.17) is 11.6 Å². The van der Waals surface area contributed by atoms with Crippen molar-refractivity contribution in [3.63, 3.8) is 0 Å². The van der Waals surface area contributed by atoms with Crippen molar-refractivity contribution in [1.82, 2.24) is 10.2 Å². The molecule has 0 radical (unpaired) electrons. The molecule has 0 atom stereocenters. The van der Waals surface area contributed by atoms with Crippen LogP contribution >= 0.6 is 11.6 Å². The lowest BCUT2D eigenvalue weighted by molar-refractivity contribution is 0.336. The third kappa shape index (κ3) is 6.67. The first-order valence-electron chi connectivity index (χ1n) is 6.36. The standard InChI is InChI=1S/C14H23ClN2/c1-3-9-16-10-12-17(2)11-8-13-4-6-14(15)7-5-13/h4-7,16H,3,8-12H2,1-2H3. The molecule has 96 valence electrons. The van der Waals surface area contributed by atoms with Crippen LogP contribution < -0.4 is 5.32 Å². The number of rotatable bonds is 8. The maximum atomic E-state index is 5.85. The van der Waals surface area contributed by atoms with Crippen LogP contribution in [0.15, 0.2) is 24.3 Å². The van der Waals surface area contributed by atoms with Gasteiger partial charge in [0.05, 0.1) is 0 Å². The van der Waals surface area contributed by atoms with Gasteiger partial charge in [-0.15, -0.1) is 0 Å². The van der Waals surface area contributed by atoms with Crippen molar-refractivity contribution in [3.05, 3.63) is 34.9 Å². The molecule has 0 spiro atoms. The molecule has 1 rings (SSSR count). The smallest absolute Gasteiger partial charge is 0.0406 e. The highest BCUT2D eigenvalue weighted by Crippen LogP contribution is 2.09. The van der Waals surface area contributed by atoms with Gasteiger partial charge in [-0.25, -0.2) is 0 Å². The summed E-state index contributed by atoms with van der Waals surface area (Å²) in [5.41, 5.74) is 1.35. The van der Waals surface area contributed by atoms with E-state index in [2.05, 4.69) is 36.3 Å². The Morgan fingerprint density at radius 1 is 1.12 bits per heavy atom. The van der Waals surface area contributed by atoms with Crippen LogP contribution in [0.2, 0.25) is 5.02 Å². The maximum Gasteiger partial charge on any atom is 0.0406 e. The average molecular weight is 255 g/mol. The molecule has 0 aliphatic rings. The molecule has 1 aromatic rings. The summed E-state index contributed by atoms with van der Waals surface area (Å²) in [7, 11) is 2.17. The van der Waals surface area contributed by atoms with E-state index in [0.717, 1.165) is 37.6 Å². The fourth-order valence-electron chi connectivity index (χ4n) is 1.65. The largest absolute Gasteiger partial charge is 0.315 e. The number of benzene rings is 1. The summed E-state index contributed by atoms with van der Waals surface area (Å²) in [6.07, 6.45) is 2.29. The van der Waals surface area contributed by atoms with Crippen molar-refractivity contribution in [2.24, 2.45) is 0 Å². The van der Waals surface area contributed by atoms with Crippen molar-refractivity contribution in [1.29, 1.82) is 0 Å². The van der Waals surface area contributed by atoms with Crippen LogP contribution in [0.3, 0.4) is 0 Å². The normalized spacial score (nSPS) is 11.1. The van der Waals surface area contributed by atoms with Crippen LogP contribution in [-0.2, 0) is 6.42 Å². The lowest BCUT2D eigenvalue weighted by Crippen LogP contribution is -2.30. The lowest BCUT2D eigenvalue weighted by Gasteiger charge is -2.16. The highest BCUT2D eigenvalue weighted by molar-refractivity contribution is 6.30. The number of nitrogens with zero attached hydrogens (tertiary/aromatic N) is 1. The number of likely N-dealkylation sites (N-methyl/N-ethyl adjacent to an activating group) is 1. The topological polar surface area (TPSA) is 15.3 Å². The molecule has 0 heterocycles. The number of nitrogens with one attached hydrogen (secondary N) is 1. The molecule has 3 heteroatoms. The minimum absolute atomic E-state index is 0.811. The van der Waals surface area contributed by atoms with Crippen LogP contribution in [-0.4, -0.2) is 38.1 Å². The number of hydrogen-bond donors (Lipinski definition) is 1. The third-order valence-electron chi connectivity index (χ3n) is 2.79. The first-order valence-corrected chi connectivity index (χ1v) is 6.74. The van der Waals surface area contributed by atoms with Crippen LogP contribution in [0.25, 0.3) is 0 Å². The molecule has 0 amide bonds. The van der Waals surface area contributed by atoms with Crippen LogP contribution in [0, 0.1) is 0 Å². The van der Waals surface area contributed by atoms with E-state index in [0.29, 0.717) is 0 Å².